The van der Waals surface area contributed by atoms with Crippen LogP contribution in [0, 0.1) is 6.92 Å². The number of halogens is 1. The van der Waals surface area contributed by atoms with Crippen molar-refractivity contribution in [2.75, 3.05) is 25.5 Å². The molecule has 3 heterocycles. The van der Waals surface area contributed by atoms with Crippen molar-refractivity contribution in [3.05, 3.63) is 58.6 Å². The van der Waals surface area contributed by atoms with Gasteiger partial charge in [-0.05, 0) is 44.0 Å². The van der Waals surface area contributed by atoms with Crippen molar-refractivity contribution in [1.29, 1.82) is 0 Å². The second-order valence-corrected chi connectivity index (χ2v) is 8.71. The fourth-order valence-electron chi connectivity index (χ4n) is 4.25. The number of rotatable bonds is 5. The van der Waals surface area contributed by atoms with Gasteiger partial charge in [-0.2, -0.15) is 5.10 Å². The Kier molecular flexibility index (Phi) is 6.06. The molecule has 0 aliphatic carbocycles. The second-order valence-electron chi connectivity index (χ2n) is 8.27. The number of aryl methyl sites for hydroxylation is 2. The summed E-state index contributed by atoms with van der Waals surface area (Å²) in [5, 5.41) is 5.25. The van der Waals surface area contributed by atoms with Gasteiger partial charge in [0.15, 0.2) is 0 Å². The summed E-state index contributed by atoms with van der Waals surface area (Å²) in [5.74, 6) is 0.735. The molecule has 0 N–H and O–H groups in total. The van der Waals surface area contributed by atoms with Gasteiger partial charge in [0.2, 0.25) is 5.95 Å². The first kappa shape index (κ1) is 20.8. The van der Waals surface area contributed by atoms with Gasteiger partial charge in [-0.3, -0.25) is 9.58 Å². The minimum atomic E-state index is 0.231. The molecule has 30 heavy (non-hydrogen) atoms. The molecule has 1 aliphatic heterocycles. The first-order valence-electron chi connectivity index (χ1n) is 10.5. The SMILES string of the molecule is Cc1nn(C)cc1CN1CCCCC1c1nc(N(C)C)ncc1-c1cccc(Cl)c1. The van der Waals surface area contributed by atoms with E-state index in [2.05, 4.69) is 34.2 Å². The summed E-state index contributed by atoms with van der Waals surface area (Å²) in [6, 6.07) is 8.20. The third-order valence-electron chi connectivity index (χ3n) is 5.76. The number of likely N-dealkylation sites (tertiary alicyclic amines) is 1. The zero-order chi connectivity index (χ0) is 21.3. The van der Waals surface area contributed by atoms with E-state index in [1.165, 1.54) is 18.4 Å². The van der Waals surface area contributed by atoms with Gasteiger partial charge < -0.3 is 4.90 Å². The van der Waals surface area contributed by atoms with Gasteiger partial charge in [0.25, 0.3) is 0 Å². The van der Waals surface area contributed by atoms with E-state index >= 15 is 0 Å². The minimum absolute atomic E-state index is 0.231. The molecule has 0 spiro atoms. The van der Waals surface area contributed by atoms with Gasteiger partial charge >= 0.3 is 0 Å². The molecular formula is C23H29ClN6. The first-order chi connectivity index (χ1) is 14.4. The van der Waals surface area contributed by atoms with E-state index in [9.17, 15) is 0 Å². The third-order valence-corrected chi connectivity index (χ3v) is 5.99. The largest absolute Gasteiger partial charge is 0.347 e. The number of benzene rings is 1. The highest BCUT2D eigenvalue weighted by molar-refractivity contribution is 6.30. The predicted molar refractivity (Wildman–Crippen MR) is 122 cm³/mol. The Morgan fingerprint density at radius 1 is 1.23 bits per heavy atom. The summed E-state index contributed by atoms with van der Waals surface area (Å²) in [5.41, 5.74) is 5.56. The number of hydrogen-bond donors (Lipinski definition) is 0. The lowest BCUT2D eigenvalue weighted by atomic mass is 9.93. The topological polar surface area (TPSA) is 50.1 Å². The van der Waals surface area contributed by atoms with Crippen molar-refractivity contribution >= 4 is 17.5 Å². The number of hydrogen-bond acceptors (Lipinski definition) is 5. The highest BCUT2D eigenvalue weighted by Gasteiger charge is 2.29. The van der Waals surface area contributed by atoms with Gasteiger partial charge in [-0.25, -0.2) is 9.97 Å². The molecule has 1 saturated heterocycles. The summed E-state index contributed by atoms with van der Waals surface area (Å²) >= 11 is 6.30. The highest BCUT2D eigenvalue weighted by atomic mass is 35.5. The Morgan fingerprint density at radius 2 is 2.07 bits per heavy atom. The van der Waals surface area contributed by atoms with Gasteiger partial charge in [-0.15, -0.1) is 0 Å². The number of anilines is 1. The lowest BCUT2D eigenvalue weighted by Gasteiger charge is -2.36. The van der Waals surface area contributed by atoms with Crippen LogP contribution < -0.4 is 4.90 Å². The number of piperidine rings is 1. The molecule has 3 aromatic rings. The number of aromatic nitrogens is 4. The normalized spacial score (nSPS) is 17.3. The average molecular weight is 425 g/mol. The van der Waals surface area contributed by atoms with Crippen LogP contribution in [0.2, 0.25) is 5.02 Å². The van der Waals surface area contributed by atoms with Gasteiger partial charge in [0.05, 0.1) is 17.4 Å². The van der Waals surface area contributed by atoms with Crippen LogP contribution in [0.5, 0.6) is 0 Å². The highest BCUT2D eigenvalue weighted by Crippen LogP contribution is 2.37. The summed E-state index contributed by atoms with van der Waals surface area (Å²) in [7, 11) is 5.95. The van der Waals surface area contributed by atoms with Crippen molar-refractivity contribution in [1.82, 2.24) is 24.6 Å². The molecule has 1 aromatic carbocycles. The van der Waals surface area contributed by atoms with E-state index in [1.54, 1.807) is 0 Å². The van der Waals surface area contributed by atoms with Crippen molar-refractivity contribution in [3.63, 3.8) is 0 Å². The van der Waals surface area contributed by atoms with E-state index in [-0.39, 0.29) is 6.04 Å². The zero-order valence-electron chi connectivity index (χ0n) is 18.1. The molecule has 4 rings (SSSR count). The van der Waals surface area contributed by atoms with Crippen molar-refractivity contribution in [2.45, 2.75) is 38.8 Å². The fraction of sp³-hybridized carbons (Fsp3) is 0.435. The Bertz CT molecular complexity index is 1030. The molecule has 1 unspecified atom stereocenters. The Labute approximate surface area is 183 Å². The molecule has 2 aromatic heterocycles. The average Bonchev–Trinajstić information content (AvgIpc) is 3.04. The molecular weight excluding hydrogens is 396 g/mol. The Balaban J connectivity index is 1.77. The standard InChI is InChI=1S/C23H29ClN6/c1-16-18(14-29(4)27-16)15-30-11-6-5-10-21(30)22-20(13-25-23(26-22)28(2)3)17-8-7-9-19(24)12-17/h7-9,12-14,21H,5-6,10-11,15H2,1-4H3. The summed E-state index contributed by atoms with van der Waals surface area (Å²) in [6.07, 6.45) is 7.56. The summed E-state index contributed by atoms with van der Waals surface area (Å²) in [4.78, 5) is 14.1. The lowest BCUT2D eigenvalue weighted by Crippen LogP contribution is -2.34. The molecule has 1 fully saturated rings. The van der Waals surface area contributed by atoms with Crippen LogP contribution in [-0.2, 0) is 13.6 Å². The first-order valence-corrected chi connectivity index (χ1v) is 10.8. The second kappa shape index (κ2) is 8.74. The number of nitrogens with zero attached hydrogens (tertiary/aromatic N) is 6. The van der Waals surface area contributed by atoms with Crippen LogP contribution in [-0.4, -0.2) is 45.3 Å². The molecule has 0 amide bonds. The molecule has 0 bridgehead atoms. The zero-order valence-corrected chi connectivity index (χ0v) is 18.9. The van der Waals surface area contributed by atoms with Crippen molar-refractivity contribution in [3.8, 4) is 11.1 Å². The maximum atomic E-state index is 6.30. The molecule has 158 valence electrons. The van der Waals surface area contributed by atoms with E-state index in [0.29, 0.717) is 0 Å². The fourth-order valence-corrected chi connectivity index (χ4v) is 4.44. The molecule has 0 saturated carbocycles. The van der Waals surface area contributed by atoms with Gasteiger partial charge in [0.1, 0.15) is 0 Å². The molecule has 0 radical (unpaired) electrons. The van der Waals surface area contributed by atoms with Crippen LogP contribution in [0.3, 0.4) is 0 Å². The van der Waals surface area contributed by atoms with Gasteiger partial charge in [-0.1, -0.05) is 30.2 Å². The summed E-state index contributed by atoms with van der Waals surface area (Å²) < 4.78 is 1.90. The van der Waals surface area contributed by atoms with Gasteiger partial charge in [0, 0.05) is 56.2 Å². The van der Waals surface area contributed by atoms with E-state index in [0.717, 1.165) is 53.0 Å². The minimum Gasteiger partial charge on any atom is -0.347 e. The van der Waals surface area contributed by atoms with E-state index in [4.69, 9.17) is 16.6 Å². The third kappa shape index (κ3) is 4.35. The molecule has 6 nitrogen and oxygen atoms in total. The maximum absolute atomic E-state index is 6.30. The lowest BCUT2D eigenvalue weighted by molar-refractivity contribution is 0.137. The molecule has 1 aliphatic rings. The van der Waals surface area contributed by atoms with Crippen LogP contribution >= 0.6 is 11.6 Å². The Hall–Kier alpha value is -2.44. The Morgan fingerprint density at radius 3 is 2.77 bits per heavy atom. The quantitative estimate of drug-likeness (QED) is 0.597. The maximum Gasteiger partial charge on any atom is 0.225 e. The van der Waals surface area contributed by atoms with E-state index < -0.39 is 0 Å². The van der Waals surface area contributed by atoms with Crippen LogP contribution in [0.1, 0.15) is 42.3 Å². The monoisotopic (exact) mass is 424 g/mol. The van der Waals surface area contributed by atoms with Crippen molar-refractivity contribution in [2.24, 2.45) is 7.05 Å². The van der Waals surface area contributed by atoms with Crippen LogP contribution in [0.4, 0.5) is 5.95 Å². The molecule has 7 heteroatoms. The smallest absolute Gasteiger partial charge is 0.225 e. The van der Waals surface area contributed by atoms with E-state index in [1.807, 2.05) is 55.1 Å². The van der Waals surface area contributed by atoms with Crippen LogP contribution in [0.15, 0.2) is 36.7 Å². The predicted octanol–water partition coefficient (Wildman–Crippen LogP) is 4.63. The van der Waals surface area contributed by atoms with Crippen molar-refractivity contribution < 1.29 is 0 Å². The molecule has 1 atom stereocenters. The summed E-state index contributed by atoms with van der Waals surface area (Å²) in [6.45, 7) is 4.01. The van der Waals surface area contributed by atoms with Crippen LogP contribution in [0.25, 0.3) is 11.1 Å².